The van der Waals surface area contributed by atoms with Crippen molar-refractivity contribution in [3.63, 3.8) is 0 Å². The van der Waals surface area contributed by atoms with Crippen LogP contribution in [0.3, 0.4) is 0 Å². The SMILES string of the molecule is C=C(CC(=O)O)C(=O)OCC(=O)OC(C)(C)C.FB(F)F. The Kier molecular flexibility index (Phi) is 9.98. The summed E-state index contributed by atoms with van der Waals surface area (Å²) in [5, 5.41) is 8.40. The molecule has 120 valence electrons. The lowest BCUT2D eigenvalue weighted by molar-refractivity contribution is -0.165. The average molecular weight is 312 g/mol. The second-order valence-electron chi connectivity index (χ2n) is 4.58. The molecule has 21 heavy (non-hydrogen) atoms. The zero-order valence-corrected chi connectivity index (χ0v) is 11.8. The van der Waals surface area contributed by atoms with E-state index in [0.717, 1.165) is 0 Å². The fourth-order valence-corrected chi connectivity index (χ4v) is 0.852. The number of carbonyl (C=O) groups is 3. The molecule has 0 bridgehead atoms. The van der Waals surface area contributed by atoms with Gasteiger partial charge in [0.1, 0.15) is 5.60 Å². The predicted molar refractivity (Wildman–Crippen MR) is 67.3 cm³/mol. The van der Waals surface area contributed by atoms with Crippen LogP contribution in [-0.2, 0) is 23.9 Å². The van der Waals surface area contributed by atoms with Crippen molar-refractivity contribution in [1.29, 1.82) is 0 Å². The van der Waals surface area contributed by atoms with Gasteiger partial charge in [-0.3, -0.25) is 17.7 Å². The zero-order chi connectivity index (χ0) is 17.2. The number of hydrogen-bond acceptors (Lipinski definition) is 5. The van der Waals surface area contributed by atoms with E-state index in [2.05, 4.69) is 11.3 Å². The summed E-state index contributed by atoms with van der Waals surface area (Å²) in [6.07, 6.45) is -0.521. The van der Waals surface area contributed by atoms with Gasteiger partial charge in [-0.25, -0.2) is 9.59 Å². The molecule has 0 unspecified atom stereocenters. The van der Waals surface area contributed by atoms with Gasteiger partial charge in [-0.1, -0.05) is 6.58 Å². The number of hydrogen-bond donors (Lipinski definition) is 1. The van der Waals surface area contributed by atoms with Crippen LogP contribution in [-0.4, -0.2) is 42.8 Å². The summed E-state index contributed by atoms with van der Waals surface area (Å²) >= 11 is 0. The smallest absolute Gasteiger partial charge is 0.481 e. The first-order valence-corrected chi connectivity index (χ1v) is 5.56. The van der Waals surface area contributed by atoms with E-state index in [9.17, 15) is 27.3 Å². The highest BCUT2D eigenvalue weighted by molar-refractivity contribution is 6.33. The molecule has 0 amide bonds. The van der Waals surface area contributed by atoms with Crippen molar-refractivity contribution in [3.8, 4) is 0 Å². The molecule has 0 atom stereocenters. The van der Waals surface area contributed by atoms with E-state index in [0.29, 0.717) is 0 Å². The first-order valence-electron chi connectivity index (χ1n) is 5.56. The summed E-state index contributed by atoms with van der Waals surface area (Å²) in [6, 6.07) is 0. The minimum absolute atomic E-state index is 0.221. The fraction of sp³-hybridized carbons (Fsp3) is 0.545. The Morgan fingerprint density at radius 1 is 1.19 bits per heavy atom. The normalized spacial score (nSPS) is 9.81. The van der Waals surface area contributed by atoms with Gasteiger partial charge in [0.15, 0.2) is 6.61 Å². The van der Waals surface area contributed by atoms with Crippen molar-refractivity contribution in [2.24, 2.45) is 0 Å². The highest BCUT2D eigenvalue weighted by Crippen LogP contribution is 2.07. The Balaban J connectivity index is 0. The number of halogens is 3. The van der Waals surface area contributed by atoms with Gasteiger partial charge in [0.25, 0.3) is 0 Å². The van der Waals surface area contributed by atoms with Gasteiger partial charge in [0.05, 0.1) is 6.42 Å². The molecule has 0 fully saturated rings. The van der Waals surface area contributed by atoms with Crippen LogP contribution in [0.4, 0.5) is 12.9 Å². The lowest BCUT2D eigenvalue weighted by Gasteiger charge is -2.19. The van der Waals surface area contributed by atoms with Crippen molar-refractivity contribution >= 4 is 25.5 Å². The third-order valence-electron chi connectivity index (χ3n) is 1.39. The second-order valence-corrected chi connectivity index (χ2v) is 4.58. The van der Waals surface area contributed by atoms with Gasteiger partial charge in [-0.15, -0.1) is 0 Å². The topological polar surface area (TPSA) is 89.9 Å². The van der Waals surface area contributed by atoms with E-state index in [1.165, 1.54) is 0 Å². The maximum Gasteiger partial charge on any atom is 0.762 e. The zero-order valence-electron chi connectivity index (χ0n) is 11.8. The van der Waals surface area contributed by atoms with Crippen LogP contribution in [0.1, 0.15) is 27.2 Å². The van der Waals surface area contributed by atoms with Crippen molar-refractivity contribution in [1.82, 2.24) is 0 Å². The molecule has 0 aliphatic rings. The molecule has 0 aromatic carbocycles. The third kappa shape index (κ3) is 18.0. The highest BCUT2D eigenvalue weighted by atomic mass is 19.4. The Hall–Kier alpha value is -2.00. The van der Waals surface area contributed by atoms with Crippen LogP contribution in [0, 0.1) is 0 Å². The number of carbonyl (C=O) groups excluding carboxylic acids is 2. The lowest BCUT2D eigenvalue weighted by Crippen LogP contribution is -2.27. The Bertz CT molecular complexity index is 389. The Morgan fingerprint density at radius 2 is 1.62 bits per heavy atom. The Labute approximate surface area is 120 Å². The van der Waals surface area contributed by atoms with Crippen molar-refractivity contribution in [2.75, 3.05) is 6.61 Å². The van der Waals surface area contributed by atoms with Gasteiger partial charge in [-0.2, -0.15) is 0 Å². The summed E-state index contributed by atoms with van der Waals surface area (Å²) in [6.45, 7) is 7.71. The predicted octanol–water partition coefficient (Wildman–Crippen LogP) is 1.78. The maximum atomic E-state index is 11.2. The first kappa shape index (κ1) is 21.3. The van der Waals surface area contributed by atoms with Gasteiger partial charge in [0, 0.05) is 5.57 Å². The van der Waals surface area contributed by atoms with Gasteiger partial charge >= 0.3 is 25.5 Å². The minimum Gasteiger partial charge on any atom is -0.481 e. The van der Waals surface area contributed by atoms with Crippen LogP contribution < -0.4 is 0 Å². The third-order valence-corrected chi connectivity index (χ3v) is 1.39. The highest BCUT2D eigenvalue weighted by Gasteiger charge is 2.19. The molecule has 0 saturated heterocycles. The second kappa shape index (κ2) is 9.84. The number of rotatable bonds is 5. The van der Waals surface area contributed by atoms with E-state index in [-0.39, 0.29) is 5.57 Å². The summed E-state index contributed by atoms with van der Waals surface area (Å²) < 4.78 is 38.4. The molecule has 0 aromatic rings. The summed E-state index contributed by atoms with van der Waals surface area (Å²) in [5.41, 5.74) is -0.886. The number of aliphatic carboxylic acids is 1. The molecule has 0 saturated carbocycles. The Morgan fingerprint density at radius 3 is 1.95 bits per heavy atom. The summed E-state index contributed by atoms with van der Waals surface area (Å²) in [4.78, 5) is 32.6. The molecule has 1 N–H and O–H groups in total. The average Bonchev–Trinajstić information content (AvgIpc) is 2.21. The van der Waals surface area contributed by atoms with Gasteiger partial charge in [-0.05, 0) is 20.8 Å². The molecule has 0 aliphatic carbocycles. The largest absolute Gasteiger partial charge is 0.762 e. The van der Waals surface area contributed by atoms with E-state index < -0.39 is 44.1 Å². The maximum absolute atomic E-state index is 11.2. The van der Waals surface area contributed by atoms with Gasteiger partial charge < -0.3 is 14.6 Å². The molecular weight excluding hydrogens is 296 g/mol. The number of carboxylic acid groups (broad SMARTS) is 1. The number of esters is 2. The van der Waals surface area contributed by atoms with Gasteiger partial charge in [0.2, 0.25) is 0 Å². The minimum atomic E-state index is -3.67. The molecule has 0 aromatic heterocycles. The monoisotopic (exact) mass is 312 g/mol. The quantitative estimate of drug-likeness (QED) is 0.473. The number of ether oxygens (including phenoxy) is 2. The molecular formula is C11H16BF3O6. The molecule has 0 radical (unpaired) electrons. The molecule has 10 heteroatoms. The summed E-state index contributed by atoms with van der Waals surface area (Å²) in [5.74, 6) is -2.81. The molecule has 0 heterocycles. The molecule has 0 spiro atoms. The van der Waals surface area contributed by atoms with Crippen LogP contribution in [0.2, 0.25) is 0 Å². The molecule has 6 nitrogen and oxygen atoms in total. The van der Waals surface area contributed by atoms with Crippen LogP contribution in [0.5, 0.6) is 0 Å². The van der Waals surface area contributed by atoms with E-state index in [1.807, 2.05) is 0 Å². The van der Waals surface area contributed by atoms with E-state index in [4.69, 9.17) is 9.84 Å². The molecule has 0 aliphatic heterocycles. The first-order chi connectivity index (χ1) is 9.35. The van der Waals surface area contributed by atoms with Crippen molar-refractivity contribution in [2.45, 2.75) is 32.8 Å². The molecule has 0 rings (SSSR count). The van der Waals surface area contributed by atoms with E-state index in [1.54, 1.807) is 20.8 Å². The van der Waals surface area contributed by atoms with Crippen LogP contribution in [0.25, 0.3) is 0 Å². The lowest BCUT2D eigenvalue weighted by atomic mass is 10.2. The van der Waals surface area contributed by atoms with Crippen LogP contribution >= 0.6 is 0 Å². The standard InChI is InChI=1S/C11H16O6.BF3/c1-7(5-8(12)13)10(15)16-6-9(14)17-11(2,3)4;2-1(3)4/h1,5-6H2,2-4H3,(H,12,13);. The van der Waals surface area contributed by atoms with Crippen molar-refractivity contribution < 1.29 is 41.9 Å². The fourth-order valence-electron chi connectivity index (χ4n) is 0.852. The summed E-state index contributed by atoms with van der Waals surface area (Å²) in [7, 11) is -3.67. The van der Waals surface area contributed by atoms with Crippen LogP contribution in [0.15, 0.2) is 12.2 Å². The van der Waals surface area contributed by atoms with E-state index >= 15 is 0 Å². The van der Waals surface area contributed by atoms with Crippen molar-refractivity contribution in [3.05, 3.63) is 12.2 Å². The number of carboxylic acids is 1.